The molecule has 0 saturated carbocycles. The molecule has 0 bridgehead atoms. The van der Waals surface area contributed by atoms with Crippen LogP contribution in [0.4, 0.5) is 0 Å². The molecular formula is C16H21N3O3S. The van der Waals surface area contributed by atoms with Crippen LogP contribution in [0.3, 0.4) is 0 Å². The van der Waals surface area contributed by atoms with Crippen LogP contribution in [0, 0.1) is 6.92 Å². The normalized spacial score (nSPS) is 17.8. The molecule has 0 aromatic carbocycles. The van der Waals surface area contributed by atoms with Gasteiger partial charge in [-0.15, -0.1) is 11.3 Å². The Balaban J connectivity index is 1.75. The van der Waals surface area contributed by atoms with Crippen LogP contribution in [0.25, 0.3) is 0 Å². The van der Waals surface area contributed by atoms with Crippen molar-refractivity contribution in [3.05, 3.63) is 33.6 Å². The third-order valence-electron chi connectivity index (χ3n) is 3.85. The molecule has 7 heteroatoms. The number of nitrogens with zero attached hydrogens (tertiary/aromatic N) is 3. The quantitative estimate of drug-likeness (QED) is 0.838. The minimum Gasteiger partial charge on any atom is -0.373 e. The number of carbonyl (C=O) groups is 1. The zero-order chi connectivity index (χ0) is 16.4. The number of aromatic nitrogens is 2. The fourth-order valence-corrected chi connectivity index (χ4v) is 3.68. The monoisotopic (exact) mass is 335 g/mol. The lowest BCUT2D eigenvalue weighted by Gasteiger charge is -2.24. The largest absolute Gasteiger partial charge is 0.373 e. The van der Waals surface area contributed by atoms with E-state index in [1.54, 1.807) is 11.8 Å². The molecule has 124 valence electrons. The standard InChI is InChI=1S/C16H21N3O3S/c1-10(2)19(9-15-17-11(3)22-18-15)16(20)14-7-6-13(23-14)12-5-4-8-21-12/h6-7,10,12H,4-5,8-9H2,1-3H3/t12-/m1/s1. The van der Waals surface area contributed by atoms with Gasteiger partial charge in [-0.3, -0.25) is 4.79 Å². The number of aryl methyl sites for hydroxylation is 1. The van der Waals surface area contributed by atoms with E-state index in [9.17, 15) is 4.79 Å². The second-order valence-electron chi connectivity index (χ2n) is 5.96. The molecule has 1 aliphatic heterocycles. The van der Waals surface area contributed by atoms with Crippen LogP contribution < -0.4 is 0 Å². The Bertz CT molecular complexity index is 674. The first kappa shape index (κ1) is 16.1. The maximum Gasteiger partial charge on any atom is 0.264 e. The molecule has 0 N–H and O–H groups in total. The maximum absolute atomic E-state index is 12.8. The third-order valence-corrected chi connectivity index (χ3v) is 5.02. The van der Waals surface area contributed by atoms with E-state index < -0.39 is 0 Å². The van der Waals surface area contributed by atoms with Gasteiger partial charge in [0.05, 0.1) is 17.5 Å². The lowest BCUT2D eigenvalue weighted by Crippen LogP contribution is -2.36. The molecule has 23 heavy (non-hydrogen) atoms. The SMILES string of the molecule is Cc1nc(CN(C(=O)c2ccc([C@H]3CCCO3)s2)C(C)C)no1. The van der Waals surface area contributed by atoms with Crippen LogP contribution in [0.15, 0.2) is 16.7 Å². The number of thiophene rings is 1. The molecular weight excluding hydrogens is 314 g/mol. The number of hydrogen-bond acceptors (Lipinski definition) is 6. The Labute approximate surface area is 139 Å². The summed E-state index contributed by atoms with van der Waals surface area (Å²) in [5.41, 5.74) is 0. The molecule has 2 aromatic heterocycles. The van der Waals surface area contributed by atoms with E-state index in [1.165, 1.54) is 11.3 Å². The third kappa shape index (κ3) is 3.61. The van der Waals surface area contributed by atoms with Crippen LogP contribution in [-0.2, 0) is 11.3 Å². The lowest BCUT2D eigenvalue weighted by molar-refractivity contribution is 0.0688. The Hall–Kier alpha value is -1.73. The van der Waals surface area contributed by atoms with Gasteiger partial charge >= 0.3 is 0 Å². The van der Waals surface area contributed by atoms with Gasteiger partial charge in [-0.2, -0.15) is 4.98 Å². The van der Waals surface area contributed by atoms with Gasteiger partial charge in [0.25, 0.3) is 5.91 Å². The average Bonchev–Trinajstić information content (AvgIpc) is 3.24. The minimum absolute atomic E-state index is 0.00306. The molecule has 6 nitrogen and oxygen atoms in total. The summed E-state index contributed by atoms with van der Waals surface area (Å²) in [6.45, 7) is 6.87. The minimum atomic E-state index is -0.00306. The van der Waals surface area contributed by atoms with Crippen molar-refractivity contribution in [3.63, 3.8) is 0 Å². The fourth-order valence-electron chi connectivity index (χ4n) is 2.63. The van der Waals surface area contributed by atoms with E-state index in [2.05, 4.69) is 10.1 Å². The van der Waals surface area contributed by atoms with E-state index in [4.69, 9.17) is 9.26 Å². The van der Waals surface area contributed by atoms with E-state index in [0.29, 0.717) is 18.3 Å². The van der Waals surface area contributed by atoms with Gasteiger partial charge in [0, 0.05) is 24.4 Å². The van der Waals surface area contributed by atoms with Crippen molar-refractivity contribution < 1.29 is 14.1 Å². The summed E-state index contributed by atoms with van der Waals surface area (Å²) in [6.07, 6.45) is 2.26. The topological polar surface area (TPSA) is 68.5 Å². The number of rotatable bonds is 5. The molecule has 1 atom stereocenters. The first-order valence-corrected chi connectivity index (χ1v) is 8.67. The molecule has 0 unspecified atom stereocenters. The van der Waals surface area contributed by atoms with Crippen molar-refractivity contribution >= 4 is 17.2 Å². The predicted molar refractivity (Wildman–Crippen MR) is 86.3 cm³/mol. The van der Waals surface area contributed by atoms with E-state index in [1.807, 2.05) is 26.0 Å². The second kappa shape index (κ2) is 6.80. The Morgan fingerprint density at radius 2 is 2.30 bits per heavy atom. The lowest BCUT2D eigenvalue weighted by atomic mass is 10.2. The zero-order valence-electron chi connectivity index (χ0n) is 13.6. The molecule has 0 spiro atoms. The molecule has 2 aromatic rings. The molecule has 3 heterocycles. The van der Waals surface area contributed by atoms with Gasteiger partial charge in [-0.1, -0.05) is 5.16 Å². The van der Waals surface area contributed by atoms with Gasteiger partial charge in [0.2, 0.25) is 5.89 Å². The highest BCUT2D eigenvalue weighted by Gasteiger charge is 2.25. The number of hydrogen-bond donors (Lipinski definition) is 0. The number of amides is 1. The van der Waals surface area contributed by atoms with Crippen molar-refractivity contribution in [1.29, 1.82) is 0 Å². The van der Waals surface area contributed by atoms with Crippen molar-refractivity contribution in [2.75, 3.05) is 6.61 Å². The highest BCUT2D eigenvalue weighted by atomic mass is 32.1. The van der Waals surface area contributed by atoms with Crippen LogP contribution in [0.5, 0.6) is 0 Å². The zero-order valence-corrected chi connectivity index (χ0v) is 14.4. The van der Waals surface area contributed by atoms with Crippen LogP contribution >= 0.6 is 11.3 Å². The molecule has 1 amide bonds. The average molecular weight is 335 g/mol. The molecule has 3 rings (SSSR count). The van der Waals surface area contributed by atoms with Crippen molar-refractivity contribution in [3.8, 4) is 0 Å². The second-order valence-corrected chi connectivity index (χ2v) is 7.08. The van der Waals surface area contributed by atoms with Gasteiger partial charge in [0.1, 0.15) is 0 Å². The number of ether oxygens (including phenoxy) is 1. The van der Waals surface area contributed by atoms with Gasteiger partial charge in [-0.25, -0.2) is 0 Å². The predicted octanol–water partition coefficient (Wildman–Crippen LogP) is 3.34. The Morgan fingerprint density at radius 1 is 1.48 bits per heavy atom. The fraction of sp³-hybridized carbons (Fsp3) is 0.562. The van der Waals surface area contributed by atoms with Crippen LogP contribution in [0.2, 0.25) is 0 Å². The van der Waals surface area contributed by atoms with Crippen molar-refractivity contribution in [1.82, 2.24) is 15.0 Å². The summed E-state index contributed by atoms with van der Waals surface area (Å²) in [7, 11) is 0. The molecule has 1 fully saturated rings. The number of carbonyl (C=O) groups excluding carboxylic acids is 1. The maximum atomic E-state index is 12.8. The van der Waals surface area contributed by atoms with E-state index in [-0.39, 0.29) is 18.1 Å². The van der Waals surface area contributed by atoms with E-state index >= 15 is 0 Å². The smallest absolute Gasteiger partial charge is 0.264 e. The van der Waals surface area contributed by atoms with Crippen molar-refractivity contribution in [2.45, 2.75) is 52.3 Å². The highest BCUT2D eigenvalue weighted by molar-refractivity contribution is 7.14. The van der Waals surface area contributed by atoms with Crippen molar-refractivity contribution in [2.24, 2.45) is 0 Å². The van der Waals surface area contributed by atoms with Gasteiger partial charge in [0.15, 0.2) is 5.82 Å². The summed E-state index contributed by atoms with van der Waals surface area (Å²) in [4.78, 5) is 20.6. The molecule has 1 saturated heterocycles. The first-order valence-electron chi connectivity index (χ1n) is 7.86. The van der Waals surface area contributed by atoms with Gasteiger partial charge < -0.3 is 14.2 Å². The molecule has 0 aliphatic carbocycles. The highest BCUT2D eigenvalue weighted by Crippen LogP contribution is 2.33. The summed E-state index contributed by atoms with van der Waals surface area (Å²) in [5, 5.41) is 3.89. The Kier molecular flexibility index (Phi) is 4.77. The Morgan fingerprint density at radius 3 is 2.91 bits per heavy atom. The van der Waals surface area contributed by atoms with Crippen LogP contribution in [0.1, 0.15) is 59.1 Å². The summed E-state index contributed by atoms with van der Waals surface area (Å²) >= 11 is 1.52. The molecule has 1 aliphatic rings. The van der Waals surface area contributed by atoms with E-state index in [0.717, 1.165) is 29.2 Å². The summed E-state index contributed by atoms with van der Waals surface area (Å²) in [5.74, 6) is 1.03. The summed E-state index contributed by atoms with van der Waals surface area (Å²) in [6, 6.07) is 3.95. The van der Waals surface area contributed by atoms with Crippen LogP contribution in [-0.4, -0.2) is 33.6 Å². The van der Waals surface area contributed by atoms with Gasteiger partial charge in [-0.05, 0) is 38.8 Å². The molecule has 0 radical (unpaired) electrons. The summed E-state index contributed by atoms with van der Waals surface area (Å²) < 4.78 is 10.7. The first-order chi connectivity index (χ1) is 11.0.